The van der Waals surface area contributed by atoms with Crippen LogP contribution < -0.4 is 5.32 Å². The summed E-state index contributed by atoms with van der Waals surface area (Å²) >= 11 is 11.5. The second kappa shape index (κ2) is 7.24. The fourth-order valence-electron chi connectivity index (χ4n) is 1.59. The summed E-state index contributed by atoms with van der Waals surface area (Å²) in [4.78, 5) is 35.0. The molecule has 2 amide bonds. The molecule has 0 unspecified atom stereocenters. The maximum absolute atomic E-state index is 12.3. The lowest BCUT2D eigenvalue weighted by molar-refractivity contribution is -0.384. The van der Waals surface area contributed by atoms with Gasteiger partial charge in [0.05, 0.1) is 16.5 Å². The van der Waals surface area contributed by atoms with Crippen LogP contribution in [-0.4, -0.2) is 41.8 Å². The van der Waals surface area contributed by atoms with Gasteiger partial charge in [-0.25, -0.2) is 0 Å². The Morgan fingerprint density at radius 2 is 2.00 bits per heavy atom. The van der Waals surface area contributed by atoms with Crippen molar-refractivity contribution in [2.24, 2.45) is 0 Å². The smallest absolute Gasteiger partial charge is 0.290 e. The van der Waals surface area contributed by atoms with E-state index in [4.69, 9.17) is 23.2 Å². The molecule has 0 heterocycles. The van der Waals surface area contributed by atoms with Crippen molar-refractivity contribution in [2.45, 2.75) is 6.92 Å². The predicted octanol–water partition coefficient (Wildman–Crippen LogP) is 2.11. The van der Waals surface area contributed by atoms with Gasteiger partial charge in [-0.15, -0.1) is 0 Å². The summed E-state index contributed by atoms with van der Waals surface area (Å²) in [5.74, 6) is -0.887. The molecule has 114 valence electrons. The number of nitro groups is 1. The van der Waals surface area contributed by atoms with Crippen LogP contribution in [0.4, 0.5) is 5.69 Å². The van der Waals surface area contributed by atoms with Gasteiger partial charge in [-0.2, -0.15) is 0 Å². The lowest BCUT2D eigenvalue weighted by Crippen LogP contribution is -2.39. The number of nitrogens with one attached hydrogen (secondary N) is 1. The molecule has 0 spiro atoms. The molecule has 1 aromatic carbocycles. The summed E-state index contributed by atoms with van der Waals surface area (Å²) in [5, 5.41) is 13.0. The predicted molar refractivity (Wildman–Crippen MR) is 78.8 cm³/mol. The third-order valence-corrected chi connectivity index (χ3v) is 3.53. The zero-order valence-electron chi connectivity index (χ0n) is 11.4. The molecular formula is C12H13Cl2N3O4. The van der Waals surface area contributed by atoms with E-state index in [1.807, 2.05) is 0 Å². The summed E-state index contributed by atoms with van der Waals surface area (Å²) in [7, 11) is 1.45. The minimum Gasteiger partial charge on any atom is -0.358 e. The second-order valence-corrected chi connectivity index (χ2v) is 4.83. The normalized spacial score (nSPS) is 10.1. The lowest BCUT2D eigenvalue weighted by Gasteiger charge is -2.20. The Labute approximate surface area is 131 Å². The van der Waals surface area contributed by atoms with Crippen LogP contribution in [0.5, 0.6) is 0 Å². The van der Waals surface area contributed by atoms with E-state index in [0.29, 0.717) is 0 Å². The van der Waals surface area contributed by atoms with Crippen LogP contribution in [0.15, 0.2) is 12.1 Å². The topological polar surface area (TPSA) is 92.6 Å². The van der Waals surface area contributed by atoms with Gasteiger partial charge in [0.2, 0.25) is 5.91 Å². The monoisotopic (exact) mass is 333 g/mol. The molecule has 9 heteroatoms. The van der Waals surface area contributed by atoms with Gasteiger partial charge in [0.1, 0.15) is 5.02 Å². The molecule has 0 saturated heterocycles. The van der Waals surface area contributed by atoms with E-state index in [2.05, 4.69) is 5.32 Å². The molecule has 21 heavy (non-hydrogen) atoms. The molecule has 0 aromatic heterocycles. The van der Waals surface area contributed by atoms with Gasteiger partial charge in [0.15, 0.2) is 0 Å². The van der Waals surface area contributed by atoms with E-state index in [1.165, 1.54) is 18.0 Å². The molecule has 1 rings (SSSR count). The first kappa shape index (κ1) is 17.2. The number of carbonyl (C=O) groups is 2. The minimum absolute atomic E-state index is 0.00172. The zero-order chi connectivity index (χ0) is 16.2. The average Bonchev–Trinajstić information content (AvgIpc) is 2.45. The third-order valence-electron chi connectivity index (χ3n) is 2.73. The van der Waals surface area contributed by atoms with Crippen molar-refractivity contribution in [2.75, 3.05) is 20.1 Å². The Balaban J connectivity index is 3.17. The first-order valence-electron chi connectivity index (χ1n) is 5.95. The number of benzene rings is 1. The first-order valence-corrected chi connectivity index (χ1v) is 6.70. The van der Waals surface area contributed by atoms with Crippen molar-refractivity contribution in [3.63, 3.8) is 0 Å². The Bertz CT molecular complexity index is 592. The van der Waals surface area contributed by atoms with Crippen LogP contribution in [0.2, 0.25) is 10.0 Å². The first-order chi connectivity index (χ1) is 9.81. The number of rotatable bonds is 5. The van der Waals surface area contributed by atoms with E-state index in [-0.39, 0.29) is 34.6 Å². The third kappa shape index (κ3) is 4.05. The summed E-state index contributed by atoms with van der Waals surface area (Å²) in [6.07, 6.45) is 0. The van der Waals surface area contributed by atoms with Crippen LogP contribution >= 0.6 is 23.2 Å². The van der Waals surface area contributed by atoms with Crippen molar-refractivity contribution in [3.8, 4) is 0 Å². The van der Waals surface area contributed by atoms with E-state index in [0.717, 1.165) is 6.07 Å². The number of hydrogen-bond acceptors (Lipinski definition) is 4. The number of halogens is 2. The van der Waals surface area contributed by atoms with Crippen molar-refractivity contribution in [3.05, 3.63) is 37.9 Å². The molecule has 1 aromatic rings. The molecule has 0 aliphatic heterocycles. The SMILES string of the molecule is CCN(CC(=O)NC)C(=O)c1cc(Cl)c(Cl)c([N+](=O)[O-])c1. The van der Waals surface area contributed by atoms with Crippen molar-refractivity contribution < 1.29 is 14.5 Å². The largest absolute Gasteiger partial charge is 0.358 e. The molecule has 0 bridgehead atoms. The van der Waals surface area contributed by atoms with Crippen LogP contribution in [0.25, 0.3) is 0 Å². The molecule has 1 N–H and O–H groups in total. The van der Waals surface area contributed by atoms with Gasteiger partial charge in [-0.3, -0.25) is 19.7 Å². The number of amides is 2. The Morgan fingerprint density at radius 1 is 1.38 bits per heavy atom. The average molecular weight is 334 g/mol. The van der Waals surface area contributed by atoms with Crippen LogP contribution in [0, 0.1) is 10.1 Å². The molecule has 0 radical (unpaired) electrons. The summed E-state index contributed by atoms with van der Waals surface area (Å²) in [6.45, 7) is 1.80. The van der Waals surface area contributed by atoms with Crippen molar-refractivity contribution >= 4 is 40.7 Å². The molecular weight excluding hydrogens is 321 g/mol. The number of nitro benzene ring substituents is 1. The Kier molecular flexibility index (Phi) is 5.92. The highest BCUT2D eigenvalue weighted by atomic mass is 35.5. The molecule has 0 saturated carbocycles. The highest BCUT2D eigenvalue weighted by Gasteiger charge is 2.23. The highest BCUT2D eigenvalue weighted by Crippen LogP contribution is 2.33. The van der Waals surface area contributed by atoms with E-state index >= 15 is 0 Å². The quantitative estimate of drug-likeness (QED) is 0.659. The zero-order valence-corrected chi connectivity index (χ0v) is 12.9. The van der Waals surface area contributed by atoms with Gasteiger partial charge in [0.25, 0.3) is 11.6 Å². The molecule has 0 atom stereocenters. The van der Waals surface area contributed by atoms with Gasteiger partial charge in [-0.1, -0.05) is 23.2 Å². The number of nitrogens with zero attached hydrogens (tertiary/aromatic N) is 2. The maximum Gasteiger partial charge on any atom is 0.290 e. The van der Waals surface area contributed by atoms with Gasteiger partial charge >= 0.3 is 0 Å². The van der Waals surface area contributed by atoms with Gasteiger partial charge in [-0.05, 0) is 13.0 Å². The van der Waals surface area contributed by atoms with E-state index in [1.54, 1.807) is 6.92 Å². The summed E-state index contributed by atoms with van der Waals surface area (Å²) < 4.78 is 0. The maximum atomic E-state index is 12.3. The molecule has 7 nitrogen and oxygen atoms in total. The van der Waals surface area contributed by atoms with Crippen LogP contribution in [-0.2, 0) is 4.79 Å². The summed E-state index contributed by atoms with van der Waals surface area (Å²) in [6, 6.07) is 2.29. The number of hydrogen-bond donors (Lipinski definition) is 1. The van der Waals surface area contributed by atoms with Crippen LogP contribution in [0.3, 0.4) is 0 Å². The molecule has 0 fully saturated rings. The Hall–Kier alpha value is -1.86. The van der Waals surface area contributed by atoms with Crippen molar-refractivity contribution in [1.29, 1.82) is 0 Å². The van der Waals surface area contributed by atoms with Crippen molar-refractivity contribution in [1.82, 2.24) is 10.2 Å². The standard InChI is InChI=1S/C12H13Cl2N3O4/c1-3-16(6-10(18)15-2)12(19)7-4-8(13)11(14)9(5-7)17(20)21/h4-5H,3,6H2,1-2H3,(H,15,18). The highest BCUT2D eigenvalue weighted by molar-refractivity contribution is 6.43. The molecule has 0 aliphatic rings. The second-order valence-electron chi connectivity index (χ2n) is 4.04. The summed E-state index contributed by atoms with van der Waals surface area (Å²) in [5.41, 5.74) is -0.453. The van der Waals surface area contributed by atoms with Crippen LogP contribution in [0.1, 0.15) is 17.3 Å². The fourth-order valence-corrected chi connectivity index (χ4v) is 1.99. The van der Waals surface area contributed by atoms with Gasteiger partial charge in [0, 0.05) is 25.2 Å². The lowest BCUT2D eigenvalue weighted by atomic mass is 10.1. The Morgan fingerprint density at radius 3 is 2.48 bits per heavy atom. The van der Waals surface area contributed by atoms with E-state index in [9.17, 15) is 19.7 Å². The minimum atomic E-state index is -0.722. The fraction of sp³-hybridized carbons (Fsp3) is 0.333. The number of carbonyl (C=O) groups excluding carboxylic acids is 2. The van der Waals surface area contributed by atoms with Gasteiger partial charge < -0.3 is 10.2 Å². The molecule has 0 aliphatic carbocycles. The van der Waals surface area contributed by atoms with E-state index < -0.39 is 16.5 Å². The number of likely N-dealkylation sites (N-methyl/N-ethyl adjacent to an activating group) is 2.